The number of hydrogen-bond donors (Lipinski definition) is 2. The Morgan fingerprint density at radius 2 is 1.74 bits per heavy atom. The third-order valence-electron chi connectivity index (χ3n) is 5.51. The lowest BCUT2D eigenvalue weighted by Gasteiger charge is -2.56. The summed E-state index contributed by atoms with van der Waals surface area (Å²) in [7, 11) is 0. The molecule has 100 valence electrons. The number of nitrogens with zero attached hydrogens (tertiary/aromatic N) is 2. The molecule has 4 aliphatic carbocycles. The second-order valence-electron chi connectivity index (χ2n) is 6.79. The van der Waals surface area contributed by atoms with Crippen molar-refractivity contribution in [3.8, 4) is 6.07 Å². The van der Waals surface area contributed by atoms with Gasteiger partial charge in [-0.25, -0.2) is 4.68 Å². The number of nitrogen functional groups attached to an aromatic ring is 1. The van der Waals surface area contributed by atoms with Gasteiger partial charge in [0.1, 0.15) is 11.9 Å². The summed E-state index contributed by atoms with van der Waals surface area (Å²) in [4.78, 5) is 12.4. The molecule has 1 heterocycles. The lowest BCUT2D eigenvalue weighted by Crippen LogP contribution is -2.54. The second-order valence-corrected chi connectivity index (χ2v) is 6.79. The average Bonchev–Trinajstić information content (AvgIpc) is 2.63. The van der Waals surface area contributed by atoms with Gasteiger partial charge in [-0.15, -0.1) is 0 Å². The fourth-order valence-corrected chi connectivity index (χ4v) is 5.23. The Balaban J connectivity index is 1.85. The normalized spacial score (nSPS) is 39.4. The van der Waals surface area contributed by atoms with E-state index in [9.17, 15) is 4.79 Å². The molecule has 0 unspecified atom stereocenters. The summed E-state index contributed by atoms with van der Waals surface area (Å²) in [6, 6.07) is 1.93. The molecule has 0 aromatic carbocycles. The highest BCUT2D eigenvalue weighted by molar-refractivity contribution is 5.46. The first-order valence-corrected chi connectivity index (χ1v) is 7.12. The van der Waals surface area contributed by atoms with Gasteiger partial charge in [0.2, 0.25) is 0 Å². The number of nitrogens with one attached hydrogen (secondary N) is 1. The highest BCUT2D eigenvalue weighted by Gasteiger charge is 2.53. The second kappa shape index (κ2) is 3.44. The van der Waals surface area contributed by atoms with Crippen LogP contribution in [0.2, 0.25) is 0 Å². The van der Waals surface area contributed by atoms with Crippen LogP contribution in [0.25, 0.3) is 0 Å². The number of nitriles is 1. The van der Waals surface area contributed by atoms with Gasteiger partial charge < -0.3 is 5.73 Å². The first-order valence-electron chi connectivity index (χ1n) is 7.12. The van der Waals surface area contributed by atoms with E-state index in [0.717, 1.165) is 37.0 Å². The Kier molecular flexibility index (Phi) is 2.02. The van der Waals surface area contributed by atoms with Crippen molar-refractivity contribution in [1.82, 2.24) is 9.78 Å². The molecule has 1 aromatic rings. The largest absolute Gasteiger partial charge is 0.383 e. The van der Waals surface area contributed by atoms with E-state index in [1.807, 2.05) is 6.07 Å². The van der Waals surface area contributed by atoms with Crippen LogP contribution >= 0.6 is 0 Å². The highest BCUT2D eigenvalue weighted by Crippen LogP contribution is 2.58. The van der Waals surface area contributed by atoms with Crippen molar-refractivity contribution in [2.75, 3.05) is 5.73 Å². The molecule has 4 fully saturated rings. The number of aromatic amines is 1. The van der Waals surface area contributed by atoms with E-state index in [-0.39, 0.29) is 22.5 Å². The summed E-state index contributed by atoms with van der Waals surface area (Å²) in [5, 5.41) is 12.0. The lowest BCUT2D eigenvalue weighted by molar-refractivity contribution is -0.0509. The van der Waals surface area contributed by atoms with E-state index in [1.165, 1.54) is 19.3 Å². The van der Waals surface area contributed by atoms with Crippen LogP contribution in [0.15, 0.2) is 4.79 Å². The van der Waals surface area contributed by atoms with Crippen LogP contribution in [0.4, 0.5) is 5.82 Å². The highest BCUT2D eigenvalue weighted by atomic mass is 16.1. The van der Waals surface area contributed by atoms with Gasteiger partial charge in [0.15, 0.2) is 5.56 Å². The lowest BCUT2D eigenvalue weighted by atomic mass is 9.53. The summed E-state index contributed by atoms with van der Waals surface area (Å²) >= 11 is 0. The molecule has 0 aliphatic heterocycles. The smallest absolute Gasteiger partial charge is 0.287 e. The number of hydrogen-bond acceptors (Lipinski definition) is 3. The van der Waals surface area contributed by atoms with E-state index in [2.05, 4.69) is 5.10 Å². The molecule has 1 aromatic heterocycles. The van der Waals surface area contributed by atoms with Gasteiger partial charge in [-0.1, -0.05) is 0 Å². The fraction of sp³-hybridized carbons (Fsp3) is 0.714. The first kappa shape index (κ1) is 11.2. The van der Waals surface area contributed by atoms with Gasteiger partial charge in [-0.3, -0.25) is 9.89 Å². The Morgan fingerprint density at radius 1 is 1.21 bits per heavy atom. The number of H-pyrrole nitrogens is 1. The van der Waals surface area contributed by atoms with Crippen molar-refractivity contribution < 1.29 is 0 Å². The zero-order chi connectivity index (χ0) is 13.2. The van der Waals surface area contributed by atoms with Crippen LogP contribution in [-0.2, 0) is 5.54 Å². The van der Waals surface area contributed by atoms with Gasteiger partial charge in [0.25, 0.3) is 5.56 Å². The molecule has 19 heavy (non-hydrogen) atoms. The molecule has 5 heteroatoms. The van der Waals surface area contributed by atoms with Crippen molar-refractivity contribution in [3.63, 3.8) is 0 Å². The van der Waals surface area contributed by atoms with Crippen LogP contribution < -0.4 is 11.3 Å². The molecule has 3 N–H and O–H groups in total. The first-order chi connectivity index (χ1) is 9.11. The van der Waals surface area contributed by atoms with Crippen molar-refractivity contribution in [2.24, 2.45) is 17.8 Å². The van der Waals surface area contributed by atoms with Crippen LogP contribution in [0.5, 0.6) is 0 Å². The van der Waals surface area contributed by atoms with Gasteiger partial charge in [0.05, 0.1) is 5.54 Å². The van der Waals surface area contributed by atoms with Crippen molar-refractivity contribution in [1.29, 1.82) is 5.26 Å². The molecule has 4 aliphatic rings. The molecular formula is C14H18N4O. The van der Waals surface area contributed by atoms with Gasteiger partial charge >= 0.3 is 0 Å². The average molecular weight is 258 g/mol. The van der Waals surface area contributed by atoms with E-state index >= 15 is 0 Å². The molecule has 0 amide bonds. The summed E-state index contributed by atoms with van der Waals surface area (Å²) in [6.45, 7) is 0. The standard InChI is InChI=1S/C14H18N4O/c15-7-11-12(16)17-18(13(11)19)14-4-8-1-9(5-14)3-10(2-8)6-14/h8-10,17H,1-6,16H2. The summed E-state index contributed by atoms with van der Waals surface area (Å²) in [5.74, 6) is 2.50. The van der Waals surface area contributed by atoms with E-state index in [0.29, 0.717) is 0 Å². The predicted octanol–water partition coefficient (Wildman–Crippen LogP) is 1.56. The zero-order valence-electron chi connectivity index (χ0n) is 10.9. The van der Waals surface area contributed by atoms with Crippen molar-refractivity contribution in [2.45, 2.75) is 44.1 Å². The number of nitrogens with two attached hydrogens (primary N) is 1. The van der Waals surface area contributed by atoms with Crippen LogP contribution in [0, 0.1) is 29.1 Å². The van der Waals surface area contributed by atoms with E-state index in [4.69, 9.17) is 11.0 Å². The maximum absolute atomic E-state index is 12.4. The minimum Gasteiger partial charge on any atom is -0.383 e. The SMILES string of the molecule is N#Cc1c(N)[nH]n(C23CC4CC(CC(C4)C2)C3)c1=O. The Hall–Kier alpha value is -1.70. The van der Waals surface area contributed by atoms with E-state index in [1.54, 1.807) is 4.68 Å². The summed E-state index contributed by atoms with van der Waals surface area (Å²) < 4.78 is 1.70. The van der Waals surface area contributed by atoms with Crippen molar-refractivity contribution >= 4 is 5.82 Å². The quantitative estimate of drug-likeness (QED) is 0.801. The molecule has 4 saturated carbocycles. The third-order valence-corrected chi connectivity index (χ3v) is 5.51. The Bertz CT molecular complexity index is 598. The monoisotopic (exact) mass is 258 g/mol. The molecular weight excluding hydrogens is 240 g/mol. The summed E-state index contributed by atoms with van der Waals surface area (Å²) in [6.07, 6.45) is 7.21. The molecule has 5 rings (SSSR count). The zero-order valence-corrected chi connectivity index (χ0v) is 10.9. The minimum absolute atomic E-state index is 0.0794. The summed E-state index contributed by atoms with van der Waals surface area (Å²) in [5.41, 5.74) is 5.54. The maximum atomic E-state index is 12.4. The molecule has 0 atom stereocenters. The third kappa shape index (κ3) is 1.37. The number of aromatic nitrogens is 2. The van der Waals surface area contributed by atoms with Gasteiger partial charge in [-0.05, 0) is 56.3 Å². The molecule has 5 nitrogen and oxygen atoms in total. The van der Waals surface area contributed by atoms with Crippen LogP contribution in [0.1, 0.15) is 44.1 Å². The van der Waals surface area contributed by atoms with Gasteiger partial charge in [-0.2, -0.15) is 5.26 Å². The number of anilines is 1. The topological polar surface area (TPSA) is 87.6 Å². The molecule has 0 saturated heterocycles. The Morgan fingerprint density at radius 3 is 2.16 bits per heavy atom. The van der Waals surface area contributed by atoms with E-state index < -0.39 is 0 Å². The predicted molar refractivity (Wildman–Crippen MR) is 70.3 cm³/mol. The molecule has 0 spiro atoms. The maximum Gasteiger partial charge on any atom is 0.287 e. The fourth-order valence-electron chi connectivity index (χ4n) is 5.23. The van der Waals surface area contributed by atoms with Crippen molar-refractivity contribution in [3.05, 3.63) is 15.9 Å². The molecule has 0 radical (unpaired) electrons. The minimum atomic E-state index is -0.220. The van der Waals surface area contributed by atoms with Crippen LogP contribution in [0.3, 0.4) is 0 Å². The molecule has 4 bridgehead atoms. The van der Waals surface area contributed by atoms with Crippen LogP contribution in [-0.4, -0.2) is 9.78 Å². The number of rotatable bonds is 1. The van der Waals surface area contributed by atoms with Gasteiger partial charge in [0, 0.05) is 0 Å². The Labute approximate surface area is 111 Å².